The molecule has 0 amide bonds. The molecule has 0 bridgehead atoms. The predicted molar refractivity (Wildman–Crippen MR) is 132 cm³/mol. The van der Waals surface area contributed by atoms with Gasteiger partial charge in [-0.3, -0.25) is 28.8 Å². The number of carboxylic acid groups (broad SMARTS) is 1. The molecule has 1 aromatic heterocycles. The Morgan fingerprint density at radius 3 is 1.85 bits per heavy atom. The lowest BCUT2D eigenvalue weighted by Gasteiger charge is -2.04. The second-order valence-electron chi connectivity index (χ2n) is 8.18. The molecule has 0 atom stereocenters. The van der Waals surface area contributed by atoms with Crippen molar-refractivity contribution in [3.05, 3.63) is 88.9 Å². The van der Waals surface area contributed by atoms with Crippen molar-refractivity contribution in [1.29, 1.82) is 0 Å². The van der Waals surface area contributed by atoms with Crippen molar-refractivity contribution in [2.45, 2.75) is 25.7 Å². The van der Waals surface area contributed by atoms with Crippen LogP contribution in [0.2, 0.25) is 0 Å². The molecule has 0 saturated carbocycles. The van der Waals surface area contributed by atoms with E-state index in [1.165, 1.54) is 18.2 Å². The van der Waals surface area contributed by atoms with Crippen LogP contribution in [0.5, 0.6) is 0 Å². The number of hydrogen-bond acceptors (Lipinski definition) is 7. The van der Waals surface area contributed by atoms with E-state index in [-0.39, 0.29) is 78.6 Å². The number of ketones is 1. The maximum Gasteiger partial charge on any atom is 0.303 e. The zero-order valence-electron chi connectivity index (χ0n) is 17.7. The Morgan fingerprint density at radius 1 is 0.676 bits per heavy atom. The molecule has 1 heterocycles. The third kappa shape index (κ3) is 3.34. The van der Waals surface area contributed by atoms with E-state index in [4.69, 9.17) is 5.11 Å². The Bertz CT molecular complexity index is 1890. The van der Waals surface area contributed by atoms with E-state index < -0.39 is 22.3 Å². The minimum atomic E-state index is -1.04. The topological polar surface area (TPSA) is 123 Å². The zero-order valence-corrected chi connectivity index (χ0v) is 18.5. The number of thiophene rings is 1. The van der Waals surface area contributed by atoms with E-state index in [9.17, 15) is 28.8 Å². The van der Waals surface area contributed by atoms with Gasteiger partial charge >= 0.3 is 5.97 Å². The van der Waals surface area contributed by atoms with E-state index in [1.54, 1.807) is 24.3 Å². The fourth-order valence-electron chi connectivity index (χ4n) is 4.37. The van der Waals surface area contributed by atoms with Gasteiger partial charge in [-0.2, -0.15) is 0 Å². The Hall–Kier alpha value is -4.04. The third-order valence-corrected chi connectivity index (χ3v) is 7.26. The second-order valence-corrected chi connectivity index (χ2v) is 9.21. The Balaban J connectivity index is 1.71. The normalized spacial score (nSPS) is 11.6. The molecule has 0 aliphatic heterocycles. The van der Waals surface area contributed by atoms with E-state index in [0.717, 1.165) is 11.3 Å². The number of aliphatic carboxylic acids is 1. The van der Waals surface area contributed by atoms with Gasteiger partial charge in [0, 0.05) is 34.4 Å². The molecule has 7 nitrogen and oxygen atoms in total. The van der Waals surface area contributed by atoms with Crippen LogP contribution < -0.4 is 21.7 Å². The quantitative estimate of drug-likeness (QED) is 0.403. The molecule has 0 fully saturated rings. The number of carboxylic acids is 1. The second kappa shape index (κ2) is 8.07. The first-order valence-corrected chi connectivity index (χ1v) is 11.4. The number of hydrogen-bond donors (Lipinski definition) is 1. The summed E-state index contributed by atoms with van der Waals surface area (Å²) in [6.45, 7) is 0. The summed E-state index contributed by atoms with van der Waals surface area (Å²) >= 11 is 0.881. The van der Waals surface area contributed by atoms with Crippen molar-refractivity contribution in [1.82, 2.24) is 0 Å². The first kappa shape index (κ1) is 21.8. The lowest BCUT2D eigenvalue weighted by atomic mass is 9.98. The summed E-state index contributed by atoms with van der Waals surface area (Å²) in [5.74, 6) is -1.25. The number of aryl methyl sites for hydroxylation is 1. The molecule has 0 unspecified atom stereocenters. The third-order valence-electron chi connectivity index (χ3n) is 6.07. The maximum absolute atomic E-state index is 13.5. The lowest BCUT2D eigenvalue weighted by molar-refractivity contribution is -0.138. The number of rotatable bonds is 6. The number of benzene rings is 4. The minimum Gasteiger partial charge on any atom is -0.481 e. The van der Waals surface area contributed by atoms with Gasteiger partial charge in [-0.05, 0) is 24.1 Å². The molecule has 0 saturated heterocycles. The molecule has 5 aromatic rings. The number of fused-ring (bicyclic) bond motifs is 5. The number of carbonyl (C=O) groups is 2. The highest BCUT2D eigenvalue weighted by Crippen LogP contribution is 2.29. The monoisotopic (exact) mass is 472 g/mol. The van der Waals surface area contributed by atoms with E-state index in [2.05, 4.69) is 0 Å². The molecule has 0 spiro atoms. The van der Waals surface area contributed by atoms with Crippen LogP contribution in [0.15, 0.2) is 61.6 Å². The molecular weight excluding hydrogens is 456 g/mol. The van der Waals surface area contributed by atoms with E-state index >= 15 is 0 Å². The molecule has 34 heavy (non-hydrogen) atoms. The van der Waals surface area contributed by atoms with Gasteiger partial charge in [-0.1, -0.05) is 30.3 Å². The van der Waals surface area contributed by atoms with E-state index in [0.29, 0.717) is 5.56 Å². The van der Waals surface area contributed by atoms with Gasteiger partial charge in [0.1, 0.15) is 5.78 Å². The standard InChI is InChI=1S/C26H16O7S/c27-13(8-10-18(28)29)7-5-12-6-9-16-17(11-12)22(31)20-19-21(30)14-3-1-2-4-15(14)23(32)25(19)34-26(20)24(16)33/h1-4,6,9,11H,5,7-8,10H2,(H,28,29). The fourth-order valence-corrected chi connectivity index (χ4v) is 5.57. The smallest absolute Gasteiger partial charge is 0.303 e. The van der Waals surface area contributed by atoms with Gasteiger partial charge in [0.25, 0.3) is 0 Å². The Labute approximate surface area is 194 Å². The summed E-state index contributed by atoms with van der Waals surface area (Å²) < 4.78 is 0.195. The maximum atomic E-state index is 13.5. The van der Waals surface area contributed by atoms with Crippen molar-refractivity contribution in [2.24, 2.45) is 0 Å². The molecule has 4 aromatic carbocycles. The van der Waals surface area contributed by atoms with Crippen molar-refractivity contribution in [3.8, 4) is 0 Å². The summed E-state index contributed by atoms with van der Waals surface area (Å²) in [6.07, 6.45) is 0.0846. The van der Waals surface area contributed by atoms with Crippen LogP contribution in [0, 0.1) is 0 Å². The molecule has 0 radical (unpaired) electrons. The van der Waals surface area contributed by atoms with Crippen molar-refractivity contribution in [3.63, 3.8) is 0 Å². The van der Waals surface area contributed by atoms with Crippen LogP contribution in [0.25, 0.3) is 41.7 Å². The highest BCUT2D eigenvalue weighted by molar-refractivity contribution is 7.25. The van der Waals surface area contributed by atoms with Crippen LogP contribution in [0.3, 0.4) is 0 Å². The lowest BCUT2D eigenvalue weighted by Crippen LogP contribution is -2.15. The van der Waals surface area contributed by atoms with Crippen molar-refractivity contribution in [2.75, 3.05) is 0 Å². The number of carbonyl (C=O) groups excluding carboxylic acids is 1. The first-order valence-electron chi connectivity index (χ1n) is 10.6. The van der Waals surface area contributed by atoms with Gasteiger partial charge in [0.2, 0.25) is 10.9 Å². The van der Waals surface area contributed by atoms with Gasteiger partial charge < -0.3 is 5.11 Å². The van der Waals surface area contributed by atoms with Crippen molar-refractivity contribution < 1.29 is 14.7 Å². The van der Waals surface area contributed by atoms with Gasteiger partial charge in [0.15, 0.2) is 10.9 Å². The van der Waals surface area contributed by atoms with Gasteiger partial charge in [-0.15, -0.1) is 11.3 Å². The van der Waals surface area contributed by atoms with Crippen LogP contribution in [-0.2, 0) is 16.0 Å². The molecule has 0 aliphatic carbocycles. The molecule has 168 valence electrons. The average Bonchev–Trinajstić information content (AvgIpc) is 3.25. The van der Waals surface area contributed by atoms with E-state index in [1.807, 2.05) is 0 Å². The average molecular weight is 472 g/mol. The predicted octanol–water partition coefficient (Wildman–Crippen LogP) is 3.04. The largest absolute Gasteiger partial charge is 0.481 e. The summed E-state index contributed by atoms with van der Waals surface area (Å²) in [4.78, 5) is 75.5. The highest BCUT2D eigenvalue weighted by Gasteiger charge is 2.22. The Morgan fingerprint density at radius 2 is 1.24 bits per heavy atom. The van der Waals surface area contributed by atoms with Crippen LogP contribution in [-0.4, -0.2) is 16.9 Å². The summed E-state index contributed by atoms with van der Waals surface area (Å²) in [6, 6.07) is 11.1. The van der Waals surface area contributed by atoms with Gasteiger partial charge in [0.05, 0.1) is 26.6 Å². The molecule has 5 rings (SSSR count). The Kier molecular flexibility index (Phi) is 5.17. The van der Waals surface area contributed by atoms with Crippen LogP contribution in [0.1, 0.15) is 24.8 Å². The summed E-state index contributed by atoms with van der Waals surface area (Å²) in [5.41, 5.74) is -1.11. The SMILES string of the molecule is O=C(O)CCC(=O)CCc1ccc2c(=O)c3sc4c(=O)c5ccccc5c(=O)c4c3c(=O)c2c1. The number of Topliss-reactive ketones (excluding diaryl/α,β-unsaturated/α-hetero) is 1. The zero-order chi connectivity index (χ0) is 24.1. The minimum absolute atomic E-state index is 0.0121. The molecular formula is C26H16O7S. The van der Waals surface area contributed by atoms with Gasteiger partial charge in [-0.25, -0.2) is 0 Å². The van der Waals surface area contributed by atoms with Crippen molar-refractivity contribution >= 4 is 64.8 Å². The molecule has 1 N–H and O–H groups in total. The van der Waals surface area contributed by atoms with Crippen LogP contribution >= 0.6 is 11.3 Å². The molecule has 0 aliphatic rings. The highest BCUT2D eigenvalue weighted by atomic mass is 32.1. The first-order chi connectivity index (χ1) is 16.3. The fraction of sp³-hybridized carbons (Fsp3) is 0.154. The molecule has 8 heteroatoms. The van der Waals surface area contributed by atoms with Crippen LogP contribution in [0.4, 0.5) is 0 Å². The summed E-state index contributed by atoms with van der Waals surface area (Å²) in [7, 11) is 0. The summed E-state index contributed by atoms with van der Waals surface area (Å²) in [5, 5.41) is 9.45.